The minimum absolute atomic E-state index is 0. The lowest BCUT2D eigenvalue weighted by atomic mass is 9.97. The number of quaternary nitrogens is 1. The van der Waals surface area contributed by atoms with Crippen molar-refractivity contribution in [2.75, 3.05) is 65.8 Å². The lowest BCUT2D eigenvalue weighted by molar-refractivity contribution is -0.901. The van der Waals surface area contributed by atoms with Gasteiger partial charge in [0, 0.05) is 62.3 Å². The molecule has 0 radical (unpaired) electrons. The summed E-state index contributed by atoms with van der Waals surface area (Å²) in [6.45, 7) is 11.1. The Kier molecular flexibility index (Phi) is 8.54. The lowest BCUT2D eigenvalue weighted by Gasteiger charge is -2.34. The van der Waals surface area contributed by atoms with Crippen molar-refractivity contribution in [2.45, 2.75) is 32.4 Å². The highest BCUT2D eigenvalue weighted by atomic mass is 127. The second-order valence-corrected chi connectivity index (χ2v) is 11.6. The number of nitrogens with one attached hydrogen (secondary N) is 1. The van der Waals surface area contributed by atoms with Crippen molar-refractivity contribution < 1.29 is 33.3 Å². The van der Waals surface area contributed by atoms with Crippen molar-refractivity contribution >= 4 is 22.6 Å². The number of fused-ring (bicyclic) bond motifs is 2. The van der Waals surface area contributed by atoms with Gasteiger partial charge in [0.2, 0.25) is 0 Å². The number of carbonyl (C=O) groups is 1. The van der Waals surface area contributed by atoms with E-state index in [0.717, 1.165) is 79.0 Å². The van der Waals surface area contributed by atoms with E-state index in [-0.39, 0.29) is 35.9 Å². The number of likely N-dealkylation sites (N-methyl/N-ethyl adjacent to an activating group) is 1. The summed E-state index contributed by atoms with van der Waals surface area (Å²) in [7, 11) is 8.79. The molecule has 1 N–H and O–H groups in total. The molecule has 0 spiro atoms. The second kappa shape index (κ2) is 11.4. The van der Waals surface area contributed by atoms with Gasteiger partial charge in [-0.2, -0.15) is 0 Å². The number of hydrogen-bond donors (Lipinski definition) is 1. The second-order valence-electron chi connectivity index (χ2n) is 11.6. The van der Waals surface area contributed by atoms with E-state index in [9.17, 15) is 4.79 Å². The number of aryl methyl sites for hydroxylation is 1. The van der Waals surface area contributed by atoms with Gasteiger partial charge < -0.3 is 48.1 Å². The number of benzene rings is 1. The molecule has 7 nitrogen and oxygen atoms in total. The van der Waals surface area contributed by atoms with Crippen molar-refractivity contribution in [1.29, 1.82) is 0 Å². The maximum absolute atomic E-state index is 13.8. The number of pyridine rings is 1. The van der Waals surface area contributed by atoms with Crippen LogP contribution in [0.15, 0.2) is 43.0 Å². The zero-order valence-corrected chi connectivity index (χ0v) is 25.6. The molecule has 1 amide bonds. The van der Waals surface area contributed by atoms with Crippen LogP contribution in [0.25, 0.3) is 10.9 Å². The van der Waals surface area contributed by atoms with Crippen LogP contribution in [0.5, 0.6) is 0 Å². The number of carbonyl (C=O) groups excluding carboxylic acids is 1. The number of piperazine rings is 1. The SMILES string of the molecule is C=CCC(c1c(C)[nH]c2c(N3CCc4ccccc4C3)nc(C(=O)N3CCN(C)CC3)cc12)[N+](C)(C)C.[I-]. The van der Waals surface area contributed by atoms with Gasteiger partial charge in [-0.3, -0.25) is 4.79 Å². The van der Waals surface area contributed by atoms with E-state index < -0.39 is 0 Å². The van der Waals surface area contributed by atoms with Gasteiger partial charge in [0.15, 0.2) is 5.82 Å². The molecule has 38 heavy (non-hydrogen) atoms. The fraction of sp³-hybridized carbons (Fsp3) is 0.467. The normalized spacial score (nSPS) is 17.2. The van der Waals surface area contributed by atoms with Crippen molar-refractivity contribution in [3.8, 4) is 0 Å². The molecule has 0 bridgehead atoms. The lowest BCUT2D eigenvalue weighted by Crippen LogP contribution is -3.00. The van der Waals surface area contributed by atoms with Crippen LogP contribution in [0, 0.1) is 6.92 Å². The van der Waals surface area contributed by atoms with Crippen LogP contribution in [-0.4, -0.2) is 91.1 Å². The van der Waals surface area contributed by atoms with Crippen LogP contribution in [0.3, 0.4) is 0 Å². The maximum atomic E-state index is 13.8. The molecule has 4 heterocycles. The molecule has 3 aromatic rings. The fourth-order valence-electron chi connectivity index (χ4n) is 5.92. The number of rotatable bonds is 6. The number of aromatic nitrogens is 2. The summed E-state index contributed by atoms with van der Waals surface area (Å²) in [6, 6.07) is 10.9. The van der Waals surface area contributed by atoms with Gasteiger partial charge in [-0.05, 0) is 37.6 Å². The first-order valence-electron chi connectivity index (χ1n) is 13.4. The van der Waals surface area contributed by atoms with Gasteiger partial charge in [-0.15, -0.1) is 6.58 Å². The molecular weight excluding hydrogens is 587 g/mol. The molecule has 1 unspecified atom stereocenters. The molecule has 0 saturated carbocycles. The molecule has 2 aromatic heterocycles. The summed E-state index contributed by atoms with van der Waals surface area (Å²) in [4.78, 5) is 29.1. The van der Waals surface area contributed by atoms with Crippen LogP contribution in [0.2, 0.25) is 0 Å². The van der Waals surface area contributed by atoms with E-state index in [1.54, 1.807) is 0 Å². The highest BCUT2D eigenvalue weighted by molar-refractivity contribution is 6.01. The van der Waals surface area contributed by atoms with Crippen LogP contribution in [0.1, 0.15) is 45.3 Å². The zero-order chi connectivity index (χ0) is 26.3. The monoisotopic (exact) mass is 628 g/mol. The van der Waals surface area contributed by atoms with Gasteiger partial charge >= 0.3 is 0 Å². The Labute approximate surface area is 244 Å². The molecule has 8 heteroatoms. The number of anilines is 1. The number of hydrogen-bond acceptors (Lipinski definition) is 4. The first kappa shape index (κ1) is 28.6. The summed E-state index contributed by atoms with van der Waals surface area (Å²) < 4.78 is 0.774. The van der Waals surface area contributed by atoms with Crippen molar-refractivity contribution in [3.05, 3.63) is 71.1 Å². The number of H-pyrrole nitrogens is 1. The molecule has 1 aromatic carbocycles. The van der Waals surface area contributed by atoms with E-state index >= 15 is 0 Å². The quantitative estimate of drug-likeness (QED) is 0.253. The third-order valence-corrected chi connectivity index (χ3v) is 8.10. The van der Waals surface area contributed by atoms with E-state index in [1.807, 2.05) is 17.0 Å². The molecule has 1 fully saturated rings. The molecule has 0 aliphatic carbocycles. The smallest absolute Gasteiger partial charge is 0.272 e. The van der Waals surface area contributed by atoms with Crippen LogP contribution >= 0.6 is 0 Å². The van der Waals surface area contributed by atoms with Gasteiger partial charge in [-0.25, -0.2) is 4.98 Å². The van der Waals surface area contributed by atoms with Gasteiger partial charge in [0.1, 0.15) is 11.7 Å². The summed E-state index contributed by atoms with van der Waals surface area (Å²) in [5.41, 5.74) is 6.71. The largest absolute Gasteiger partial charge is 1.00 e. The Bertz CT molecular complexity index is 1320. The Morgan fingerprint density at radius 2 is 1.82 bits per heavy atom. The van der Waals surface area contributed by atoms with Gasteiger partial charge in [0.05, 0.1) is 26.7 Å². The zero-order valence-electron chi connectivity index (χ0n) is 23.4. The molecule has 204 valence electrons. The Hall–Kier alpha value is -2.43. The average molecular weight is 629 g/mol. The van der Waals surface area contributed by atoms with E-state index in [2.05, 4.69) is 80.7 Å². The Balaban J connectivity index is 0.00000336. The Morgan fingerprint density at radius 1 is 1.13 bits per heavy atom. The number of amides is 1. The summed E-state index contributed by atoms with van der Waals surface area (Å²) in [5.74, 6) is 0.918. The number of halogens is 1. The van der Waals surface area contributed by atoms with Gasteiger partial charge in [0.25, 0.3) is 5.91 Å². The summed E-state index contributed by atoms with van der Waals surface area (Å²) in [6.07, 6.45) is 3.83. The van der Waals surface area contributed by atoms with Crippen molar-refractivity contribution in [1.82, 2.24) is 19.8 Å². The standard InChI is InChI=1S/C30H40N6O.HI/c1-7-10-26(36(4,5)6)27-21(2)31-28-24(27)19-25(30(37)34-17-15-33(3)16-18-34)32-29(28)35-14-13-22-11-8-9-12-23(22)20-35;/h7-9,11-12,19,26H,1,10,13-18,20H2,2-6H3;1H. The highest BCUT2D eigenvalue weighted by Crippen LogP contribution is 2.39. The fourth-order valence-corrected chi connectivity index (χ4v) is 5.92. The number of nitrogens with zero attached hydrogens (tertiary/aromatic N) is 5. The molecular formula is C30H41IN6O. The third-order valence-electron chi connectivity index (χ3n) is 8.10. The van der Waals surface area contributed by atoms with E-state index in [0.29, 0.717) is 5.69 Å². The van der Waals surface area contributed by atoms with Crippen LogP contribution < -0.4 is 28.9 Å². The van der Waals surface area contributed by atoms with Crippen LogP contribution in [-0.2, 0) is 13.0 Å². The molecule has 5 rings (SSSR count). The van der Waals surface area contributed by atoms with E-state index in [1.165, 1.54) is 16.7 Å². The topological polar surface area (TPSA) is 55.5 Å². The molecule has 2 aliphatic rings. The van der Waals surface area contributed by atoms with Crippen molar-refractivity contribution in [3.63, 3.8) is 0 Å². The summed E-state index contributed by atoms with van der Waals surface area (Å²) >= 11 is 0. The molecule has 1 saturated heterocycles. The highest BCUT2D eigenvalue weighted by Gasteiger charge is 2.32. The predicted octanol–water partition coefficient (Wildman–Crippen LogP) is 1.15. The van der Waals surface area contributed by atoms with Crippen LogP contribution in [0.4, 0.5) is 5.82 Å². The molecule has 2 aliphatic heterocycles. The molecule has 1 atom stereocenters. The maximum Gasteiger partial charge on any atom is 0.272 e. The first-order valence-corrected chi connectivity index (χ1v) is 13.4. The summed E-state index contributed by atoms with van der Waals surface area (Å²) in [5, 5.41) is 1.11. The van der Waals surface area contributed by atoms with Crippen molar-refractivity contribution in [2.24, 2.45) is 0 Å². The predicted molar refractivity (Wildman–Crippen MR) is 151 cm³/mol. The van der Waals surface area contributed by atoms with E-state index in [4.69, 9.17) is 4.98 Å². The Morgan fingerprint density at radius 3 is 2.47 bits per heavy atom. The number of aromatic amines is 1. The minimum atomic E-state index is 0. The first-order chi connectivity index (χ1) is 17.7. The third kappa shape index (κ3) is 5.49. The van der Waals surface area contributed by atoms with Gasteiger partial charge in [-0.1, -0.05) is 30.3 Å². The minimum Gasteiger partial charge on any atom is -1.00 e. The average Bonchev–Trinajstić information content (AvgIpc) is 3.21.